The molecule has 1 saturated carbocycles. The van der Waals surface area contributed by atoms with Gasteiger partial charge in [0.2, 0.25) is 5.91 Å². The van der Waals surface area contributed by atoms with Crippen molar-refractivity contribution in [2.75, 3.05) is 19.1 Å². The van der Waals surface area contributed by atoms with Crippen LogP contribution in [0.5, 0.6) is 5.75 Å². The van der Waals surface area contributed by atoms with Crippen molar-refractivity contribution >= 4 is 22.6 Å². The lowest BCUT2D eigenvalue weighted by atomic mass is 9.92. The fourth-order valence-electron chi connectivity index (χ4n) is 6.38. The van der Waals surface area contributed by atoms with E-state index in [2.05, 4.69) is 27.9 Å². The number of aryl methyl sites for hydroxylation is 2. The average Bonchev–Trinajstić information content (AvgIpc) is 3.62. The third-order valence-electron chi connectivity index (χ3n) is 8.30. The molecule has 1 aliphatic carbocycles. The summed E-state index contributed by atoms with van der Waals surface area (Å²) in [6.45, 7) is 3.85. The number of nitrogens with zero attached hydrogens (tertiary/aromatic N) is 4. The first kappa shape index (κ1) is 25.6. The van der Waals surface area contributed by atoms with Gasteiger partial charge in [-0.1, -0.05) is 11.2 Å². The first-order valence-corrected chi connectivity index (χ1v) is 13.5. The lowest BCUT2D eigenvalue weighted by Gasteiger charge is -2.32. The first-order valence-electron chi connectivity index (χ1n) is 13.5. The fourth-order valence-corrected chi connectivity index (χ4v) is 6.38. The van der Waals surface area contributed by atoms with Crippen LogP contribution in [0.4, 0.5) is 10.1 Å². The van der Waals surface area contributed by atoms with E-state index in [-0.39, 0.29) is 29.8 Å². The van der Waals surface area contributed by atoms with E-state index in [4.69, 9.17) is 19.0 Å². The van der Waals surface area contributed by atoms with Crippen LogP contribution in [0.1, 0.15) is 67.9 Å². The molecule has 8 nitrogen and oxygen atoms in total. The fraction of sp³-hybridized carbons (Fsp3) is 0.433. The highest BCUT2D eigenvalue weighted by Gasteiger charge is 2.38. The van der Waals surface area contributed by atoms with Gasteiger partial charge in [-0.05, 0) is 75.8 Å². The summed E-state index contributed by atoms with van der Waals surface area (Å²) < 4.78 is 33.2. The van der Waals surface area contributed by atoms with E-state index in [9.17, 15) is 9.18 Å². The van der Waals surface area contributed by atoms with Crippen LogP contribution in [-0.4, -0.2) is 40.9 Å². The molecule has 1 aliphatic heterocycles. The van der Waals surface area contributed by atoms with Crippen molar-refractivity contribution in [3.8, 4) is 16.9 Å². The minimum absolute atomic E-state index is 0.0392. The van der Waals surface area contributed by atoms with E-state index in [1.54, 1.807) is 24.1 Å². The number of carbonyl (C=O) groups is 1. The van der Waals surface area contributed by atoms with E-state index in [0.717, 1.165) is 65.1 Å². The zero-order valence-electron chi connectivity index (χ0n) is 22.7. The topological polar surface area (TPSA) is 82.6 Å². The Kier molecular flexibility index (Phi) is 6.62. The predicted octanol–water partition coefficient (Wildman–Crippen LogP) is 6.45. The van der Waals surface area contributed by atoms with Crippen LogP contribution in [-0.2, 0) is 9.53 Å². The lowest BCUT2D eigenvalue weighted by Crippen LogP contribution is -2.31. The van der Waals surface area contributed by atoms with Crippen molar-refractivity contribution in [3.63, 3.8) is 0 Å². The molecule has 4 aromatic rings. The van der Waals surface area contributed by atoms with Gasteiger partial charge in [-0.15, -0.1) is 0 Å². The van der Waals surface area contributed by atoms with Gasteiger partial charge in [0.25, 0.3) is 0 Å². The molecule has 2 aromatic carbocycles. The molecule has 39 heavy (non-hydrogen) atoms. The molecule has 3 heterocycles. The van der Waals surface area contributed by atoms with Gasteiger partial charge in [0.1, 0.15) is 11.6 Å². The van der Waals surface area contributed by atoms with Gasteiger partial charge < -0.3 is 23.5 Å². The summed E-state index contributed by atoms with van der Waals surface area (Å²) in [5, 5.41) is 4.12. The van der Waals surface area contributed by atoms with Gasteiger partial charge in [-0.3, -0.25) is 4.79 Å². The number of amides is 1. The van der Waals surface area contributed by atoms with Gasteiger partial charge in [-0.25, -0.2) is 9.37 Å². The van der Waals surface area contributed by atoms with E-state index >= 15 is 0 Å². The molecule has 2 aliphatic rings. The Balaban J connectivity index is 1.48. The van der Waals surface area contributed by atoms with Crippen molar-refractivity contribution in [2.45, 2.75) is 70.6 Å². The number of fused-ring (bicyclic) bond motifs is 1. The SMILES string of the molecule is COc1ccc(N2C(=O)CC[C@H]2c2nc3cc(-c4c(C)noc4C)ccc3n2[C@H]2CC[C@H](OC)CC2)cc1F. The Morgan fingerprint density at radius 1 is 1.03 bits per heavy atom. The number of hydrogen-bond acceptors (Lipinski definition) is 6. The number of carbonyl (C=O) groups excluding carboxylic acids is 1. The summed E-state index contributed by atoms with van der Waals surface area (Å²) >= 11 is 0. The molecule has 2 fully saturated rings. The van der Waals surface area contributed by atoms with Crippen LogP contribution in [0.2, 0.25) is 0 Å². The molecule has 1 atom stereocenters. The summed E-state index contributed by atoms with van der Waals surface area (Å²) in [7, 11) is 3.20. The predicted molar refractivity (Wildman–Crippen MR) is 145 cm³/mol. The van der Waals surface area contributed by atoms with E-state index in [0.29, 0.717) is 18.5 Å². The van der Waals surface area contributed by atoms with Gasteiger partial charge in [0.05, 0.1) is 36.0 Å². The second-order valence-corrected chi connectivity index (χ2v) is 10.5. The second-order valence-electron chi connectivity index (χ2n) is 10.5. The maximum atomic E-state index is 14.7. The van der Waals surface area contributed by atoms with Crippen LogP contribution in [0.25, 0.3) is 22.2 Å². The van der Waals surface area contributed by atoms with Gasteiger partial charge in [-0.2, -0.15) is 0 Å². The van der Waals surface area contributed by atoms with Crippen LogP contribution in [0.15, 0.2) is 40.9 Å². The lowest BCUT2D eigenvalue weighted by molar-refractivity contribution is -0.117. The number of methoxy groups -OCH3 is 2. The molecular formula is C30H33FN4O4. The molecule has 6 rings (SSSR count). The van der Waals surface area contributed by atoms with Crippen molar-refractivity contribution in [1.82, 2.24) is 14.7 Å². The molecule has 0 N–H and O–H groups in total. The number of halogens is 1. The Hall–Kier alpha value is -3.72. The second kappa shape index (κ2) is 10.1. The summed E-state index contributed by atoms with van der Waals surface area (Å²) in [5.41, 5.74) is 5.20. The smallest absolute Gasteiger partial charge is 0.227 e. The van der Waals surface area contributed by atoms with Crippen molar-refractivity contribution in [1.29, 1.82) is 0 Å². The molecule has 0 radical (unpaired) electrons. The third kappa shape index (κ3) is 4.38. The van der Waals surface area contributed by atoms with Gasteiger partial charge in [0.15, 0.2) is 11.6 Å². The largest absolute Gasteiger partial charge is 0.494 e. The average molecular weight is 533 g/mol. The van der Waals surface area contributed by atoms with Crippen LogP contribution < -0.4 is 9.64 Å². The number of ether oxygens (including phenoxy) is 2. The number of benzene rings is 2. The molecule has 0 bridgehead atoms. The molecule has 0 spiro atoms. The molecule has 2 aromatic heterocycles. The molecule has 9 heteroatoms. The van der Waals surface area contributed by atoms with Crippen LogP contribution in [0.3, 0.4) is 0 Å². The molecule has 0 unspecified atom stereocenters. The zero-order chi connectivity index (χ0) is 27.3. The Bertz CT molecular complexity index is 1520. The zero-order valence-corrected chi connectivity index (χ0v) is 22.7. The van der Waals surface area contributed by atoms with Crippen LogP contribution in [0, 0.1) is 19.7 Å². The van der Waals surface area contributed by atoms with Crippen LogP contribution >= 0.6 is 0 Å². The number of imidazole rings is 1. The van der Waals surface area contributed by atoms with Crippen molar-refractivity contribution < 1.29 is 23.2 Å². The van der Waals surface area contributed by atoms with Crippen molar-refractivity contribution in [3.05, 3.63) is 59.5 Å². The molecular weight excluding hydrogens is 499 g/mol. The maximum absolute atomic E-state index is 14.7. The minimum Gasteiger partial charge on any atom is -0.494 e. The maximum Gasteiger partial charge on any atom is 0.227 e. The number of hydrogen-bond donors (Lipinski definition) is 0. The normalized spacial score (nSPS) is 21.7. The molecule has 1 amide bonds. The summed E-state index contributed by atoms with van der Waals surface area (Å²) in [6.07, 6.45) is 5.10. The first-order chi connectivity index (χ1) is 18.9. The highest BCUT2D eigenvalue weighted by Crippen LogP contribution is 2.43. The third-order valence-corrected chi connectivity index (χ3v) is 8.30. The van der Waals surface area contributed by atoms with E-state index in [1.807, 2.05) is 13.8 Å². The summed E-state index contributed by atoms with van der Waals surface area (Å²) in [5.74, 6) is 1.21. The van der Waals surface area contributed by atoms with E-state index < -0.39 is 5.82 Å². The summed E-state index contributed by atoms with van der Waals surface area (Å²) in [4.78, 5) is 20.1. The quantitative estimate of drug-likeness (QED) is 0.284. The minimum atomic E-state index is -0.496. The summed E-state index contributed by atoms with van der Waals surface area (Å²) in [6, 6.07) is 10.9. The standard InChI is InChI=1S/C30H33FN4O4/c1-17-29(18(2)39-33-17)19-5-11-25-24(15-19)32-30(35(25)20-6-9-22(37-3)10-7-20)26-12-14-28(36)34(26)21-8-13-27(38-4)23(31)16-21/h5,8,11,13,15-16,20,22,26H,6-7,9-10,12,14H2,1-4H3/t20-,22-,26-/m0/s1. The Labute approximate surface area is 226 Å². The van der Waals surface area contributed by atoms with Gasteiger partial charge in [0, 0.05) is 36.9 Å². The molecule has 1 saturated heterocycles. The Morgan fingerprint density at radius 2 is 1.82 bits per heavy atom. The number of aromatic nitrogens is 3. The van der Waals surface area contributed by atoms with Gasteiger partial charge >= 0.3 is 0 Å². The molecule has 204 valence electrons. The Morgan fingerprint density at radius 3 is 2.49 bits per heavy atom. The van der Waals surface area contributed by atoms with Crippen molar-refractivity contribution in [2.24, 2.45) is 0 Å². The number of rotatable bonds is 6. The van der Waals surface area contributed by atoms with E-state index in [1.165, 1.54) is 13.2 Å². The highest BCUT2D eigenvalue weighted by atomic mass is 19.1. The highest BCUT2D eigenvalue weighted by molar-refractivity contribution is 5.96. The number of anilines is 1. The monoisotopic (exact) mass is 532 g/mol.